The first-order valence-electron chi connectivity index (χ1n) is 4.47. The van der Waals surface area contributed by atoms with E-state index in [9.17, 15) is 9.59 Å². The lowest BCUT2D eigenvalue weighted by molar-refractivity contribution is -0.159. The summed E-state index contributed by atoms with van der Waals surface area (Å²) >= 11 is 0. The quantitative estimate of drug-likeness (QED) is 0.491. The van der Waals surface area contributed by atoms with Crippen molar-refractivity contribution < 1.29 is 19.1 Å². The van der Waals surface area contributed by atoms with E-state index >= 15 is 0 Å². The molecule has 4 heteroatoms. The van der Waals surface area contributed by atoms with Crippen molar-refractivity contribution >= 4 is 11.9 Å². The van der Waals surface area contributed by atoms with Crippen LogP contribution in [0.1, 0.15) is 20.8 Å². The Morgan fingerprint density at radius 2 is 2.29 bits per heavy atom. The zero-order chi connectivity index (χ0) is 10.8. The van der Waals surface area contributed by atoms with Crippen LogP contribution in [0.3, 0.4) is 0 Å². The number of allylic oxidation sites excluding steroid dienone is 1. The molecule has 1 aliphatic rings. The van der Waals surface area contributed by atoms with Crippen molar-refractivity contribution in [1.29, 1.82) is 0 Å². The molecule has 0 bridgehead atoms. The number of esters is 2. The van der Waals surface area contributed by atoms with E-state index < -0.39 is 23.5 Å². The van der Waals surface area contributed by atoms with Crippen LogP contribution in [0.4, 0.5) is 0 Å². The van der Waals surface area contributed by atoms with Gasteiger partial charge in [0.25, 0.3) is 0 Å². The van der Waals surface area contributed by atoms with Crippen LogP contribution in [0.15, 0.2) is 12.2 Å². The van der Waals surface area contributed by atoms with Crippen molar-refractivity contribution in [3.05, 3.63) is 12.2 Å². The fraction of sp³-hybridized carbons (Fsp3) is 0.600. The minimum Gasteiger partial charge on any atom is -0.462 e. The number of hydrogen-bond acceptors (Lipinski definition) is 4. The van der Waals surface area contributed by atoms with Crippen molar-refractivity contribution in [1.82, 2.24) is 0 Å². The molecule has 0 spiro atoms. The van der Waals surface area contributed by atoms with Gasteiger partial charge >= 0.3 is 11.9 Å². The van der Waals surface area contributed by atoms with E-state index in [1.165, 1.54) is 6.08 Å². The lowest BCUT2D eigenvalue weighted by atomic mass is 9.90. The Morgan fingerprint density at radius 1 is 1.64 bits per heavy atom. The molecule has 0 aromatic rings. The summed E-state index contributed by atoms with van der Waals surface area (Å²) in [6, 6.07) is 0. The standard InChI is InChI=1S/C10H14O4/c1-4-5-7(11)14-8-9(12)13-6-10(8,2)3/h4-5,8H,6H2,1-3H3/b5-4+. The second-order valence-electron chi connectivity index (χ2n) is 3.91. The lowest BCUT2D eigenvalue weighted by Crippen LogP contribution is -2.34. The summed E-state index contributed by atoms with van der Waals surface area (Å²) in [5, 5.41) is 0. The minimum absolute atomic E-state index is 0.291. The summed E-state index contributed by atoms with van der Waals surface area (Å²) in [4.78, 5) is 22.3. The third kappa shape index (κ3) is 2.13. The molecule has 1 atom stereocenters. The van der Waals surface area contributed by atoms with Crippen LogP contribution in [-0.4, -0.2) is 24.6 Å². The summed E-state index contributed by atoms with van der Waals surface area (Å²) < 4.78 is 9.80. The molecule has 0 amide bonds. The predicted molar refractivity (Wildman–Crippen MR) is 49.4 cm³/mol. The van der Waals surface area contributed by atoms with Crippen LogP contribution >= 0.6 is 0 Å². The summed E-state index contributed by atoms with van der Waals surface area (Å²) in [5.41, 5.74) is -0.436. The van der Waals surface area contributed by atoms with Crippen LogP contribution in [0.25, 0.3) is 0 Å². The molecule has 0 aromatic heterocycles. The van der Waals surface area contributed by atoms with Gasteiger partial charge in [0, 0.05) is 11.5 Å². The number of carbonyl (C=O) groups is 2. The van der Waals surface area contributed by atoms with Gasteiger partial charge in [-0.1, -0.05) is 19.9 Å². The molecule has 78 valence electrons. The fourth-order valence-corrected chi connectivity index (χ4v) is 1.23. The summed E-state index contributed by atoms with van der Waals surface area (Å²) in [5.74, 6) is -0.975. The Balaban J connectivity index is 2.67. The number of carbonyl (C=O) groups excluding carboxylic acids is 2. The molecule has 14 heavy (non-hydrogen) atoms. The monoisotopic (exact) mass is 198 g/mol. The molecule has 0 radical (unpaired) electrons. The lowest BCUT2D eigenvalue weighted by Gasteiger charge is -2.20. The van der Waals surface area contributed by atoms with Gasteiger partial charge in [-0.25, -0.2) is 9.59 Å². The molecule has 1 unspecified atom stereocenters. The highest BCUT2D eigenvalue weighted by Gasteiger charge is 2.46. The van der Waals surface area contributed by atoms with E-state index in [-0.39, 0.29) is 0 Å². The maximum Gasteiger partial charge on any atom is 0.348 e. The molecule has 0 aliphatic carbocycles. The van der Waals surface area contributed by atoms with Gasteiger partial charge in [-0.3, -0.25) is 0 Å². The topological polar surface area (TPSA) is 52.6 Å². The molecular formula is C10H14O4. The van der Waals surface area contributed by atoms with Gasteiger partial charge in [-0.15, -0.1) is 0 Å². The van der Waals surface area contributed by atoms with E-state index in [0.717, 1.165) is 0 Å². The summed E-state index contributed by atoms with van der Waals surface area (Å²) in [6.45, 7) is 5.65. The molecule has 0 saturated carbocycles. The third-order valence-electron chi connectivity index (χ3n) is 2.05. The van der Waals surface area contributed by atoms with Crippen LogP contribution in [0, 0.1) is 5.41 Å². The molecule has 0 N–H and O–H groups in total. The summed E-state index contributed by atoms with van der Waals surface area (Å²) in [7, 11) is 0. The van der Waals surface area contributed by atoms with Crippen LogP contribution < -0.4 is 0 Å². The van der Waals surface area contributed by atoms with Crippen molar-refractivity contribution in [2.45, 2.75) is 26.9 Å². The smallest absolute Gasteiger partial charge is 0.348 e. The van der Waals surface area contributed by atoms with E-state index in [4.69, 9.17) is 9.47 Å². The zero-order valence-electron chi connectivity index (χ0n) is 8.57. The van der Waals surface area contributed by atoms with E-state index in [2.05, 4.69) is 0 Å². The molecule has 1 rings (SSSR count). The van der Waals surface area contributed by atoms with Gasteiger partial charge in [0.15, 0.2) is 0 Å². The number of ether oxygens (including phenoxy) is 2. The first-order chi connectivity index (χ1) is 6.47. The average Bonchev–Trinajstić information content (AvgIpc) is 2.32. The van der Waals surface area contributed by atoms with Crippen molar-refractivity contribution in [2.24, 2.45) is 5.41 Å². The maximum atomic E-state index is 11.2. The number of rotatable bonds is 2. The number of cyclic esters (lactones) is 1. The van der Waals surface area contributed by atoms with Crippen molar-refractivity contribution in [3.8, 4) is 0 Å². The maximum absolute atomic E-state index is 11.2. The van der Waals surface area contributed by atoms with E-state index in [0.29, 0.717) is 6.61 Å². The first kappa shape index (κ1) is 10.8. The van der Waals surface area contributed by atoms with Gasteiger partial charge in [-0.2, -0.15) is 0 Å². The molecule has 0 aromatic carbocycles. The minimum atomic E-state index is -0.786. The SMILES string of the molecule is C/C=C/C(=O)OC1C(=O)OCC1(C)C. The van der Waals surface area contributed by atoms with Crippen LogP contribution in [-0.2, 0) is 19.1 Å². The van der Waals surface area contributed by atoms with Gasteiger partial charge < -0.3 is 9.47 Å². The largest absolute Gasteiger partial charge is 0.462 e. The molecule has 1 heterocycles. The molecule has 1 saturated heterocycles. The van der Waals surface area contributed by atoms with Gasteiger partial charge in [0.2, 0.25) is 6.10 Å². The van der Waals surface area contributed by atoms with E-state index in [1.807, 2.05) is 13.8 Å². The van der Waals surface area contributed by atoms with E-state index in [1.54, 1.807) is 13.0 Å². The third-order valence-corrected chi connectivity index (χ3v) is 2.05. The average molecular weight is 198 g/mol. The van der Waals surface area contributed by atoms with Gasteiger partial charge in [0.1, 0.15) is 6.61 Å². The Bertz CT molecular complexity index is 278. The van der Waals surface area contributed by atoms with Crippen LogP contribution in [0.2, 0.25) is 0 Å². The predicted octanol–water partition coefficient (Wildman–Crippen LogP) is 1.06. The highest BCUT2D eigenvalue weighted by atomic mass is 16.6. The zero-order valence-corrected chi connectivity index (χ0v) is 8.57. The molecular weight excluding hydrogens is 184 g/mol. The normalized spacial score (nSPS) is 25.1. The Labute approximate surface area is 82.9 Å². The van der Waals surface area contributed by atoms with Crippen LogP contribution in [0.5, 0.6) is 0 Å². The molecule has 1 aliphatic heterocycles. The Hall–Kier alpha value is -1.32. The molecule has 1 fully saturated rings. The number of hydrogen-bond donors (Lipinski definition) is 0. The fourth-order valence-electron chi connectivity index (χ4n) is 1.23. The molecule has 4 nitrogen and oxygen atoms in total. The summed E-state index contributed by atoms with van der Waals surface area (Å²) in [6.07, 6.45) is 2.06. The Kier molecular flexibility index (Phi) is 2.93. The van der Waals surface area contributed by atoms with Gasteiger partial charge in [0.05, 0.1) is 0 Å². The highest BCUT2D eigenvalue weighted by molar-refractivity contribution is 5.86. The van der Waals surface area contributed by atoms with Crippen molar-refractivity contribution in [2.75, 3.05) is 6.61 Å². The highest BCUT2D eigenvalue weighted by Crippen LogP contribution is 2.30. The second kappa shape index (κ2) is 3.82. The second-order valence-corrected chi connectivity index (χ2v) is 3.91. The van der Waals surface area contributed by atoms with Crippen molar-refractivity contribution in [3.63, 3.8) is 0 Å². The van der Waals surface area contributed by atoms with Gasteiger partial charge in [-0.05, 0) is 6.92 Å². The Morgan fingerprint density at radius 3 is 2.71 bits per heavy atom. The first-order valence-corrected chi connectivity index (χ1v) is 4.47.